The Morgan fingerprint density at radius 3 is 2.86 bits per heavy atom. The maximum Gasteiger partial charge on any atom is 0.250 e. The fourth-order valence-corrected chi connectivity index (χ4v) is 5.06. The molecule has 28 heavy (non-hydrogen) atoms. The van der Waals surface area contributed by atoms with Crippen LogP contribution in [0.4, 0.5) is 18.9 Å². The van der Waals surface area contributed by atoms with Crippen LogP contribution in [0.5, 0.6) is 0 Å². The van der Waals surface area contributed by atoms with Crippen LogP contribution < -0.4 is 10.6 Å². The number of halogens is 4. The van der Waals surface area contributed by atoms with Crippen molar-refractivity contribution in [2.45, 2.75) is 43.9 Å². The molecule has 1 aromatic rings. The Bertz CT molecular complexity index is 770. The van der Waals surface area contributed by atoms with Gasteiger partial charge in [0.2, 0.25) is 0 Å². The second-order valence-corrected chi connectivity index (χ2v) is 8.62. The van der Waals surface area contributed by atoms with Crippen molar-refractivity contribution in [1.29, 1.82) is 0 Å². The first-order valence-corrected chi connectivity index (χ1v) is 10.6. The van der Waals surface area contributed by atoms with E-state index in [1.54, 1.807) is 0 Å². The SMILES string of the molecule is Fc1cc(Br)cc2c1N[C@@H](C1C=CC=CC1)[C@@H]1CC[C@H](CNCC(F)F)O[C@H]21. The lowest BCUT2D eigenvalue weighted by Crippen LogP contribution is -2.48. The largest absolute Gasteiger partial charge is 0.379 e. The van der Waals surface area contributed by atoms with E-state index in [1.807, 2.05) is 18.2 Å². The van der Waals surface area contributed by atoms with Crippen molar-refractivity contribution < 1.29 is 17.9 Å². The third kappa shape index (κ3) is 4.16. The number of fused-ring (bicyclic) bond motifs is 3. The highest BCUT2D eigenvalue weighted by atomic mass is 79.9. The molecule has 1 saturated heterocycles. The smallest absolute Gasteiger partial charge is 0.250 e. The van der Waals surface area contributed by atoms with Crippen LogP contribution in [0.2, 0.25) is 0 Å². The van der Waals surface area contributed by atoms with Gasteiger partial charge in [-0.15, -0.1) is 0 Å². The van der Waals surface area contributed by atoms with Crippen molar-refractivity contribution in [2.24, 2.45) is 11.8 Å². The number of nitrogens with one attached hydrogen (secondary N) is 2. The standard InChI is InChI=1S/C21H24BrF3N2O/c22-13-8-16-20(17(23)9-13)27-19(12-4-2-1-3-5-12)15-7-6-14(28-21(15)16)10-26-11-18(24)25/h1-4,8-9,12,14-15,18-19,21,26-27H,5-7,10-11H2/t12?,14-,15+,19+,21+/m1/s1. The van der Waals surface area contributed by atoms with Crippen LogP contribution in [0.1, 0.15) is 30.9 Å². The molecule has 2 N–H and O–H groups in total. The van der Waals surface area contributed by atoms with Gasteiger partial charge in [-0.05, 0) is 31.4 Å². The van der Waals surface area contributed by atoms with Gasteiger partial charge in [-0.2, -0.15) is 0 Å². The first-order valence-electron chi connectivity index (χ1n) is 9.76. The summed E-state index contributed by atoms with van der Waals surface area (Å²) >= 11 is 3.38. The number of anilines is 1. The van der Waals surface area contributed by atoms with Crippen LogP contribution in [-0.4, -0.2) is 31.7 Å². The van der Waals surface area contributed by atoms with Crippen LogP contribution in [-0.2, 0) is 4.74 Å². The molecule has 0 aromatic heterocycles. The summed E-state index contributed by atoms with van der Waals surface area (Å²) in [5.41, 5.74) is 1.31. The van der Waals surface area contributed by atoms with Gasteiger partial charge in [0, 0.05) is 34.5 Å². The number of rotatable bonds is 5. The lowest BCUT2D eigenvalue weighted by atomic mass is 9.73. The quantitative estimate of drug-likeness (QED) is 0.638. The molecule has 7 heteroatoms. The average Bonchev–Trinajstić information content (AvgIpc) is 2.68. The Morgan fingerprint density at radius 1 is 1.25 bits per heavy atom. The number of alkyl halides is 2. The molecule has 3 nitrogen and oxygen atoms in total. The first-order chi connectivity index (χ1) is 13.5. The first kappa shape index (κ1) is 20.0. The Balaban J connectivity index is 1.59. The molecule has 0 bridgehead atoms. The third-order valence-corrected chi connectivity index (χ3v) is 6.32. The molecule has 1 aromatic carbocycles. The monoisotopic (exact) mass is 456 g/mol. The Morgan fingerprint density at radius 2 is 2.11 bits per heavy atom. The predicted octanol–water partition coefficient (Wildman–Crippen LogP) is 5.21. The molecule has 0 saturated carbocycles. The molecule has 4 rings (SSSR count). The number of ether oxygens (including phenoxy) is 1. The molecule has 1 aliphatic carbocycles. The van der Waals surface area contributed by atoms with Crippen LogP contribution in [0.25, 0.3) is 0 Å². The maximum absolute atomic E-state index is 14.7. The minimum absolute atomic E-state index is 0.0735. The van der Waals surface area contributed by atoms with Gasteiger partial charge < -0.3 is 15.4 Å². The molecule has 0 amide bonds. The van der Waals surface area contributed by atoms with Gasteiger partial charge in [-0.3, -0.25) is 0 Å². The zero-order valence-corrected chi connectivity index (χ0v) is 17.0. The Hall–Kier alpha value is -1.31. The fourth-order valence-electron chi connectivity index (χ4n) is 4.62. The van der Waals surface area contributed by atoms with Gasteiger partial charge >= 0.3 is 0 Å². The molecule has 152 valence electrons. The van der Waals surface area contributed by atoms with Crippen LogP contribution in [0.3, 0.4) is 0 Å². The zero-order valence-electron chi connectivity index (χ0n) is 15.4. The normalized spacial score (nSPS) is 31.4. The molecule has 1 fully saturated rings. The van der Waals surface area contributed by atoms with E-state index in [2.05, 4.69) is 38.7 Å². The predicted molar refractivity (Wildman–Crippen MR) is 107 cm³/mol. The number of benzene rings is 1. The summed E-state index contributed by atoms with van der Waals surface area (Å²) in [7, 11) is 0. The molecular formula is C21H24BrF3N2O. The summed E-state index contributed by atoms with van der Waals surface area (Å²) < 4.78 is 46.6. The molecule has 2 aliphatic heterocycles. The highest BCUT2D eigenvalue weighted by molar-refractivity contribution is 9.10. The highest BCUT2D eigenvalue weighted by Gasteiger charge is 2.44. The van der Waals surface area contributed by atoms with E-state index in [4.69, 9.17) is 4.74 Å². The van der Waals surface area contributed by atoms with Gasteiger partial charge in [-0.1, -0.05) is 40.2 Å². The lowest BCUT2D eigenvalue weighted by molar-refractivity contribution is -0.0946. The molecule has 3 aliphatic rings. The van der Waals surface area contributed by atoms with Crippen molar-refractivity contribution in [3.63, 3.8) is 0 Å². The van der Waals surface area contributed by atoms with E-state index < -0.39 is 6.43 Å². The topological polar surface area (TPSA) is 33.3 Å². The van der Waals surface area contributed by atoms with E-state index in [9.17, 15) is 13.2 Å². The number of hydrogen-bond donors (Lipinski definition) is 2. The molecular weight excluding hydrogens is 433 g/mol. The second kappa shape index (κ2) is 8.59. The molecule has 0 spiro atoms. The van der Waals surface area contributed by atoms with Gasteiger partial charge in [-0.25, -0.2) is 13.2 Å². The molecule has 1 unspecified atom stereocenters. The molecule has 5 atom stereocenters. The Labute approximate surface area is 171 Å². The third-order valence-electron chi connectivity index (χ3n) is 5.86. The average molecular weight is 457 g/mol. The van der Waals surface area contributed by atoms with Crippen molar-refractivity contribution >= 4 is 21.6 Å². The van der Waals surface area contributed by atoms with E-state index in [1.165, 1.54) is 6.07 Å². The lowest BCUT2D eigenvalue weighted by Gasteiger charge is -2.47. The summed E-state index contributed by atoms with van der Waals surface area (Å²) in [5.74, 6) is 0.171. The fraction of sp³-hybridized carbons (Fsp3) is 0.524. The van der Waals surface area contributed by atoms with Crippen molar-refractivity contribution in [1.82, 2.24) is 5.32 Å². The van der Waals surface area contributed by atoms with Gasteiger partial charge in [0.15, 0.2) is 0 Å². The maximum atomic E-state index is 14.7. The van der Waals surface area contributed by atoms with Gasteiger partial charge in [0.05, 0.1) is 24.4 Å². The van der Waals surface area contributed by atoms with Crippen molar-refractivity contribution in [3.8, 4) is 0 Å². The van der Waals surface area contributed by atoms with Crippen LogP contribution in [0.15, 0.2) is 40.9 Å². The Kier molecular flexibility index (Phi) is 6.13. The number of hydrogen-bond acceptors (Lipinski definition) is 3. The minimum atomic E-state index is -2.38. The summed E-state index contributed by atoms with van der Waals surface area (Å²) in [6.07, 6.45) is 8.21. The van der Waals surface area contributed by atoms with Crippen LogP contribution >= 0.6 is 15.9 Å². The zero-order chi connectivity index (χ0) is 19.7. The van der Waals surface area contributed by atoms with Crippen molar-refractivity contribution in [3.05, 3.63) is 52.3 Å². The van der Waals surface area contributed by atoms with Crippen LogP contribution in [0, 0.1) is 17.7 Å². The van der Waals surface area contributed by atoms with E-state index in [0.29, 0.717) is 16.7 Å². The summed E-state index contributed by atoms with van der Waals surface area (Å²) in [6, 6.07) is 3.44. The van der Waals surface area contributed by atoms with E-state index >= 15 is 0 Å². The number of allylic oxidation sites excluding steroid dienone is 3. The van der Waals surface area contributed by atoms with E-state index in [-0.39, 0.29) is 42.4 Å². The van der Waals surface area contributed by atoms with Gasteiger partial charge in [0.25, 0.3) is 6.43 Å². The van der Waals surface area contributed by atoms with Gasteiger partial charge in [0.1, 0.15) is 5.82 Å². The minimum Gasteiger partial charge on any atom is -0.379 e. The second-order valence-electron chi connectivity index (χ2n) is 7.70. The molecule has 2 heterocycles. The summed E-state index contributed by atoms with van der Waals surface area (Å²) in [6.45, 7) is 0.0393. The summed E-state index contributed by atoms with van der Waals surface area (Å²) in [4.78, 5) is 0. The summed E-state index contributed by atoms with van der Waals surface area (Å²) in [5, 5.41) is 6.24. The highest BCUT2D eigenvalue weighted by Crippen LogP contribution is 2.49. The molecule has 0 radical (unpaired) electrons. The van der Waals surface area contributed by atoms with Crippen molar-refractivity contribution in [2.75, 3.05) is 18.4 Å². The van der Waals surface area contributed by atoms with E-state index in [0.717, 1.165) is 24.8 Å².